The van der Waals surface area contributed by atoms with Crippen molar-refractivity contribution < 1.29 is 24.3 Å². The van der Waals surface area contributed by atoms with Gasteiger partial charge in [0.2, 0.25) is 5.91 Å². The highest BCUT2D eigenvalue weighted by molar-refractivity contribution is 8.26. The Labute approximate surface area is 177 Å². The Morgan fingerprint density at radius 3 is 2.66 bits per heavy atom. The van der Waals surface area contributed by atoms with Crippen LogP contribution in [-0.2, 0) is 19.2 Å². The van der Waals surface area contributed by atoms with E-state index >= 15 is 0 Å². The van der Waals surface area contributed by atoms with Crippen molar-refractivity contribution in [3.63, 3.8) is 0 Å². The first-order valence-corrected chi connectivity index (χ1v) is 10.2. The number of carbonyl (C=O) groups excluding carboxylic acids is 3. The third kappa shape index (κ3) is 4.80. The summed E-state index contributed by atoms with van der Waals surface area (Å²) in [5.41, 5.74) is 0.979. The van der Waals surface area contributed by atoms with Crippen molar-refractivity contribution in [3.8, 4) is 0 Å². The summed E-state index contributed by atoms with van der Waals surface area (Å²) in [7, 11) is 0. The van der Waals surface area contributed by atoms with E-state index in [0.29, 0.717) is 4.91 Å². The van der Waals surface area contributed by atoms with Crippen molar-refractivity contribution in [1.29, 1.82) is 0 Å². The second kappa shape index (κ2) is 9.15. The number of carbonyl (C=O) groups is 4. The summed E-state index contributed by atoms with van der Waals surface area (Å²) in [5.74, 6) is -2.34. The maximum Gasteiger partial charge on any atom is 0.303 e. The molecule has 1 aromatic carbocycles. The van der Waals surface area contributed by atoms with E-state index in [4.69, 9.17) is 17.3 Å². The van der Waals surface area contributed by atoms with Gasteiger partial charge in [-0.15, -0.1) is 0 Å². The maximum atomic E-state index is 12.8. The number of allylic oxidation sites excluding steroid dienone is 2. The molecule has 150 valence electrons. The normalized spacial score (nSPS) is 21.2. The van der Waals surface area contributed by atoms with Gasteiger partial charge in [-0.1, -0.05) is 66.5 Å². The number of benzene rings is 1. The Morgan fingerprint density at radius 1 is 1.24 bits per heavy atom. The van der Waals surface area contributed by atoms with Crippen LogP contribution in [0.4, 0.5) is 0 Å². The minimum absolute atomic E-state index is 0.0188. The number of hydrogen-bond donors (Lipinski definition) is 1. The summed E-state index contributed by atoms with van der Waals surface area (Å²) >= 11 is 6.36. The number of imide groups is 1. The summed E-state index contributed by atoms with van der Waals surface area (Å²) in [6.45, 7) is 0.0188. The van der Waals surface area contributed by atoms with Crippen molar-refractivity contribution in [3.05, 3.63) is 53.0 Å². The Kier molecular flexibility index (Phi) is 6.60. The zero-order chi connectivity index (χ0) is 21.0. The fraction of sp³-hybridized carbons (Fsp3) is 0.250. The fourth-order valence-electron chi connectivity index (χ4n) is 3.06. The largest absolute Gasteiger partial charge is 0.481 e. The van der Waals surface area contributed by atoms with E-state index in [-0.39, 0.29) is 30.1 Å². The van der Waals surface area contributed by atoms with Crippen LogP contribution in [0.3, 0.4) is 0 Å². The molecule has 0 spiro atoms. The molecule has 1 atom stereocenters. The zero-order valence-corrected chi connectivity index (χ0v) is 16.9. The molecular weight excluding hydrogens is 412 g/mol. The number of nitrogens with zero attached hydrogens (tertiary/aromatic N) is 2. The number of rotatable bonds is 7. The second-order valence-corrected chi connectivity index (χ2v) is 8.12. The van der Waals surface area contributed by atoms with Crippen LogP contribution in [0.2, 0.25) is 0 Å². The van der Waals surface area contributed by atoms with Crippen LogP contribution >= 0.6 is 24.0 Å². The lowest BCUT2D eigenvalue weighted by molar-refractivity contribution is -0.142. The summed E-state index contributed by atoms with van der Waals surface area (Å²) in [6, 6.07) is 8.61. The molecule has 3 rings (SSSR count). The quantitative estimate of drug-likeness (QED) is 0.403. The molecule has 2 aliphatic heterocycles. The standard InChI is InChI=1S/C20H18N2O5S2/c23-16-12-14(18(26)21(16)11-5-10-17(24)25)22-19(27)15(29-20(22)28)9-4-8-13-6-2-1-3-7-13/h1-4,6-9,14H,5,10-12H2,(H,24,25). The van der Waals surface area contributed by atoms with E-state index in [0.717, 1.165) is 22.2 Å². The number of carboxylic acid groups (broad SMARTS) is 1. The molecule has 0 aliphatic carbocycles. The van der Waals surface area contributed by atoms with Crippen LogP contribution < -0.4 is 0 Å². The van der Waals surface area contributed by atoms with Crippen molar-refractivity contribution in [1.82, 2.24) is 9.80 Å². The fourth-order valence-corrected chi connectivity index (χ4v) is 4.37. The van der Waals surface area contributed by atoms with Crippen LogP contribution in [0.15, 0.2) is 47.4 Å². The maximum absolute atomic E-state index is 12.8. The van der Waals surface area contributed by atoms with E-state index in [2.05, 4.69) is 0 Å². The first-order valence-electron chi connectivity index (χ1n) is 8.93. The summed E-state index contributed by atoms with van der Waals surface area (Å²) in [4.78, 5) is 50.8. The Hall–Kier alpha value is -2.78. The predicted octanol–water partition coefficient (Wildman–Crippen LogP) is 2.44. The van der Waals surface area contributed by atoms with Gasteiger partial charge in [0.05, 0.1) is 11.3 Å². The van der Waals surface area contributed by atoms with Crippen LogP contribution in [0.25, 0.3) is 6.08 Å². The number of likely N-dealkylation sites (tertiary alicyclic amines) is 1. The minimum Gasteiger partial charge on any atom is -0.481 e. The Morgan fingerprint density at radius 2 is 1.97 bits per heavy atom. The summed E-state index contributed by atoms with van der Waals surface area (Å²) in [6.07, 6.45) is 5.10. The van der Waals surface area contributed by atoms with E-state index < -0.39 is 29.7 Å². The topological polar surface area (TPSA) is 95.0 Å². The van der Waals surface area contributed by atoms with Crippen LogP contribution in [-0.4, -0.2) is 55.5 Å². The molecule has 3 amide bonds. The van der Waals surface area contributed by atoms with Gasteiger partial charge in [0.25, 0.3) is 11.8 Å². The molecule has 1 N–H and O–H groups in total. The molecule has 0 bridgehead atoms. The van der Waals surface area contributed by atoms with Gasteiger partial charge in [0.1, 0.15) is 10.4 Å². The van der Waals surface area contributed by atoms with Crippen LogP contribution in [0.5, 0.6) is 0 Å². The van der Waals surface area contributed by atoms with Gasteiger partial charge < -0.3 is 5.11 Å². The molecule has 1 unspecified atom stereocenters. The van der Waals surface area contributed by atoms with Gasteiger partial charge in [0, 0.05) is 13.0 Å². The molecule has 7 nitrogen and oxygen atoms in total. The van der Waals surface area contributed by atoms with Gasteiger partial charge >= 0.3 is 5.97 Å². The molecule has 2 saturated heterocycles. The highest BCUT2D eigenvalue weighted by atomic mass is 32.2. The van der Waals surface area contributed by atoms with Gasteiger partial charge in [-0.05, 0) is 18.1 Å². The molecule has 1 aromatic rings. The van der Waals surface area contributed by atoms with Crippen LogP contribution in [0, 0.1) is 0 Å². The lowest BCUT2D eigenvalue weighted by atomic mass is 10.2. The summed E-state index contributed by atoms with van der Waals surface area (Å²) in [5, 5.41) is 8.71. The van der Waals surface area contributed by atoms with Gasteiger partial charge in [-0.3, -0.25) is 29.0 Å². The smallest absolute Gasteiger partial charge is 0.303 e. The number of carboxylic acids is 1. The van der Waals surface area contributed by atoms with Crippen molar-refractivity contribution in [2.45, 2.75) is 25.3 Å². The molecule has 2 aliphatic rings. The van der Waals surface area contributed by atoms with Gasteiger partial charge in [0.15, 0.2) is 0 Å². The highest BCUT2D eigenvalue weighted by Crippen LogP contribution is 2.35. The average Bonchev–Trinajstić information content (AvgIpc) is 3.11. The SMILES string of the molecule is O=C(O)CCCN1C(=O)CC(N2C(=O)C(=CC=Cc3ccccc3)SC2=S)C1=O. The van der Waals surface area contributed by atoms with Crippen LogP contribution in [0.1, 0.15) is 24.8 Å². The third-order valence-corrected chi connectivity index (χ3v) is 5.81. The second-order valence-electron chi connectivity index (χ2n) is 6.44. The van der Waals surface area contributed by atoms with E-state index in [1.165, 1.54) is 4.90 Å². The highest BCUT2D eigenvalue weighted by Gasteiger charge is 2.48. The Balaban J connectivity index is 1.68. The first kappa shape index (κ1) is 20.9. The lowest BCUT2D eigenvalue weighted by Crippen LogP contribution is -2.44. The molecule has 0 aromatic heterocycles. The molecule has 0 radical (unpaired) electrons. The number of hydrogen-bond acceptors (Lipinski definition) is 6. The molecule has 2 fully saturated rings. The number of aliphatic carboxylic acids is 1. The number of amides is 3. The molecular formula is C20H18N2O5S2. The van der Waals surface area contributed by atoms with Crippen molar-refractivity contribution >= 4 is 58.1 Å². The molecule has 0 saturated carbocycles. The summed E-state index contributed by atoms with van der Waals surface area (Å²) < 4.78 is 0.230. The zero-order valence-electron chi connectivity index (χ0n) is 15.3. The lowest BCUT2D eigenvalue weighted by Gasteiger charge is -2.21. The molecule has 2 heterocycles. The molecule has 9 heteroatoms. The monoisotopic (exact) mass is 430 g/mol. The predicted molar refractivity (Wildman–Crippen MR) is 113 cm³/mol. The van der Waals surface area contributed by atoms with Crippen molar-refractivity contribution in [2.24, 2.45) is 0 Å². The average molecular weight is 431 g/mol. The van der Waals surface area contributed by atoms with Gasteiger partial charge in [-0.2, -0.15) is 0 Å². The van der Waals surface area contributed by atoms with E-state index in [9.17, 15) is 19.2 Å². The number of thioether (sulfide) groups is 1. The minimum atomic E-state index is -0.994. The van der Waals surface area contributed by atoms with E-state index in [1.54, 1.807) is 12.2 Å². The third-order valence-electron chi connectivity index (χ3n) is 4.46. The Bertz CT molecular complexity index is 926. The van der Waals surface area contributed by atoms with Crippen molar-refractivity contribution in [2.75, 3.05) is 6.54 Å². The van der Waals surface area contributed by atoms with Gasteiger partial charge in [-0.25, -0.2) is 0 Å². The van der Waals surface area contributed by atoms with E-state index in [1.807, 2.05) is 36.4 Å². The first-order chi connectivity index (χ1) is 13.9. The molecule has 29 heavy (non-hydrogen) atoms. The number of thiocarbonyl (C=S) groups is 1.